The Morgan fingerprint density at radius 3 is 1.60 bits per heavy atom. The van der Waals surface area contributed by atoms with Crippen LogP contribution in [0.2, 0.25) is 0 Å². The lowest BCUT2D eigenvalue weighted by atomic mass is 10.0. The first-order valence-electron chi connectivity index (χ1n) is 10.1. The highest BCUT2D eigenvalue weighted by Gasteiger charge is 2.12. The molecule has 0 aromatic heterocycles. The molecule has 1 aromatic rings. The molecule has 2 N–H and O–H groups in total. The highest BCUT2D eigenvalue weighted by Crippen LogP contribution is 2.08. The van der Waals surface area contributed by atoms with E-state index in [0.29, 0.717) is 27.2 Å². The first-order valence-corrected chi connectivity index (χ1v) is 10.9. The molecule has 0 aliphatic rings. The van der Waals surface area contributed by atoms with Crippen LogP contribution in [0.5, 0.6) is 0 Å². The standard InChI is InChI=1S/C21H32N6OS2/c1-7-26(8-2)20(29)24-22-15(5)19(23-25-21(30)27(9-3)10-4)18-13-11-17(12-14-18)16(6)28/h11-14H,7-10H2,1-6H3,(H,24,29)(H,25,30). The van der Waals surface area contributed by atoms with Gasteiger partial charge in [0.2, 0.25) is 0 Å². The topological polar surface area (TPSA) is 72.3 Å². The summed E-state index contributed by atoms with van der Waals surface area (Å²) in [7, 11) is 0. The van der Waals surface area contributed by atoms with E-state index in [0.717, 1.165) is 31.7 Å². The summed E-state index contributed by atoms with van der Waals surface area (Å²) in [5.74, 6) is 0.0116. The molecular formula is C21H32N6OS2. The molecule has 0 saturated carbocycles. The van der Waals surface area contributed by atoms with Crippen molar-refractivity contribution in [1.29, 1.82) is 0 Å². The maximum absolute atomic E-state index is 11.6. The number of nitrogens with one attached hydrogen (secondary N) is 2. The molecule has 1 aromatic carbocycles. The number of rotatable bonds is 9. The van der Waals surface area contributed by atoms with E-state index in [2.05, 4.69) is 21.1 Å². The molecule has 0 aliphatic carbocycles. The maximum Gasteiger partial charge on any atom is 0.189 e. The lowest BCUT2D eigenvalue weighted by molar-refractivity contribution is 0.101. The van der Waals surface area contributed by atoms with Gasteiger partial charge in [0.05, 0.1) is 5.71 Å². The molecule has 0 spiro atoms. The van der Waals surface area contributed by atoms with Crippen LogP contribution in [0.25, 0.3) is 0 Å². The molecule has 1 rings (SSSR count). The highest BCUT2D eigenvalue weighted by molar-refractivity contribution is 7.80. The van der Waals surface area contributed by atoms with Crippen LogP contribution in [0.15, 0.2) is 34.5 Å². The van der Waals surface area contributed by atoms with Crippen molar-refractivity contribution in [1.82, 2.24) is 20.7 Å². The van der Waals surface area contributed by atoms with Gasteiger partial charge in [0.1, 0.15) is 5.71 Å². The normalized spacial score (nSPS) is 11.7. The third kappa shape index (κ3) is 7.46. The van der Waals surface area contributed by atoms with Gasteiger partial charge >= 0.3 is 0 Å². The first kappa shape index (κ1) is 25.6. The Morgan fingerprint density at radius 2 is 1.20 bits per heavy atom. The minimum absolute atomic E-state index is 0.0116. The van der Waals surface area contributed by atoms with Crippen molar-refractivity contribution in [3.63, 3.8) is 0 Å². The minimum Gasteiger partial charge on any atom is -0.348 e. The Morgan fingerprint density at radius 1 is 0.800 bits per heavy atom. The Balaban J connectivity index is 3.20. The van der Waals surface area contributed by atoms with Crippen LogP contribution in [-0.2, 0) is 0 Å². The van der Waals surface area contributed by atoms with E-state index in [4.69, 9.17) is 24.4 Å². The summed E-state index contributed by atoms with van der Waals surface area (Å²) in [4.78, 5) is 15.6. The van der Waals surface area contributed by atoms with Crippen molar-refractivity contribution in [2.75, 3.05) is 26.2 Å². The van der Waals surface area contributed by atoms with Crippen LogP contribution >= 0.6 is 24.4 Å². The zero-order chi connectivity index (χ0) is 22.7. The summed E-state index contributed by atoms with van der Waals surface area (Å²) in [5, 5.41) is 10.0. The molecule has 0 bridgehead atoms. The Kier molecular flexibility index (Phi) is 11.1. The number of Topliss-reactive ketones (excluding diaryl/α,β-unsaturated/α-hetero) is 1. The van der Waals surface area contributed by atoms with Crippen molar-refractivity contribution < 1.29 is 4.79 Å². The lowest BCUT2D eigenvalue weighted by Gasteiger charge is -2.21. The van der Waals surface area contributed by atoms with Crippen molar-refractivity contribution in [2.24, 2.45) is 10.2 Å². The van der Waals surface area contributed by atoms with E-state index < -0.39 is 0 Å². The number of nitrogens with zero attached hydrogens (tertiary/aromatic N) is 4. The monoisotopic (exact) mass is 448 g/mol. The first-order chi connectivity index (χ1) is 14.3. The molecule has 0 unspecified atom stereocenters. The number of carbonyl (C=O) groups excluding carboxylic acids is 1. The Hall–Kier alpha value is -2.39. The quantitative estimate of drug-likeness (QED) is 0.260. The fourth-order valence-electron chi connectivity index (χ4n) is 2.67. The molecule has 0 aliphatic heterocycles. The van der Waals surface area contributed by atoms with Gasteiger partial charge in [-0.1, -0.05) is 24.3 Å². The SMILES string of the molecule is CCN(CC)C(=S)NN=C(C)C(=NNC(=S)N(CC)CC)c1ccc(C(C)=O)cc1. The molecule has 0 saturated heterocycles. The molecule has 0 amide bonds. The van der Waals surface area contributed by atoms with E-state index in [-0.39, 0.29) is 5.78 Å². The zero-order valence-corrected chi connectivity index (χ0v) is 20.3. The van der Waals surface area contributed by atoms with Crippen molar-refractivity contribution in [3.05, 3.63) is 35.4 Å². The van der Waals surface area contributed by atoms with Gasteiger partial charge in [-0.3, -0.25) is 15.6 Å². The van der Waals surface area contributed by atoms with Crippen molar-refractivity contribution in [3.8, 4) is 0 Å². The van der Waals surface area contributed by atoms with Gasteiger partial charge in [-0.15, -0.1) is 0 Å². The van der Waals surface area contributed by atoms with E-state index >= 15 is 0 Å². The molecule has 0 atom stereocenters. The number of ketones is 1. The number of hydrogen-bond donors (Lipinski definition) is 2. The fourth-order valence-corrected chi connectivity index (χ4v) is 3.28. The van der Waals surface area contributed by atoms with Crippen molar-refractivity contribution >= 4 is 51.9 Å². The smallest absolute Gasteiger partial charge is 0.189 e. The molecule has 30 heavy (non-hydrogen) atoms. The van der Waals surface area contributed by atoms with Crippen molar-refractivity contribution in [2.45, 2.75) is 41.5 Å². The van der Waals surface area contributed by atoms with Gasteiger partial charge in [0.15, 0.2) is 16.0 Å². The number of hydrazone groups is 2. The van der Waals surface area contributed by atoms with Gasteiger partial charge in [-0.25, -0.2) is 0 Å². The van der Waals surface area contributed by atoms with Crippen LogP contribution in [0.4, 0.5) is 0 Å². The number of benzene rings is 1. The second kappa shape index (κ2) is 13.0. The average Bonchev–Trinajstić information content (AvgIpc) is 2.74. The molecule has 0 radical (unpaired) electrons. The summed E-state index contributed by atoms with van der Waals surface area (Å²) in [5.41, 5.74) is 8.59. The number of carbonyl (C=O) groups is 1. The third-order valence-electron chi connectivity index (χ3n) is 4.59. The minimum atomic E-state index is 0.0116. The van der Waals surface area contributed by atoms with E-state index in [1.807, 2.05) is 56.6 Å². The van der Waals surface area contributed by atoms with Gasteiger partial charge < -0.3 is 9.80 Å². The van der Waals surface area contributed by atoms with Crippen LogP contribution in [-0.4, -0.2) is 63.4 Å². The molecule has 0 heterocycles. The predicted octanol–water partition coefficient (Wildman–Crippen LogP) is 3.40. The summed E-state index contributed by atoms with van der Waals surface area (Å²) in [6.07, 6.45) is 0. The maximum atomic E-state index is 11.6. The largest absolute Gasteiger partial charge is 0.348 e. The van der Waals surface area contributed by atoms with Crippen LogP contribution in [0.1, 0.15) is 57.5 Å². The van der Waals surface area contributed by atoms with Gasteiger partial charge in [-0.2, -0.15) is 10.2 Å². The molecular weight excluding hydrogens is 416 g/mol. The summed E-state index contributed by atoms with van der Waals surface area (Å²) in [6, 6.07) is 7.24. The van der Waals surface area contributed by atoms with Crippen LogP contribution in [0, 0.1) is 0 Å². The van der Waals surface area contributed by atoms with Crippen LogP contribution < -0.4 is 10.9 Å². The predicted molar refractivity (Wildman–Crippen MR) is 133 cm³/mol. The van der Waals surface area contributed by atoms with E-state index in [9.17, 15) is 4.79 Å². The summed E-state index contributed by atoms with van der Waals surface area (Å²) >= 11 is 10.8. The zero-order valence-electron chi connectivity index (χ0n) is 18.7. The number of hydrogen-bond acceptors (Lipinski definition) is 5. The average molecular weight is 449 g/mol. The van der Waals surface area contributed by atoms with Gasteiger partial charge in [-0.05, 0) is 66.0 Å². The Labute approximate surface area is 190 Å². The second-order valence-electron chi connectivity index (χ2n) is 6.47. The van der Waals surface area contributed by atoms with Gasteiger partial charge in [0.25, 0.3) is 0 Å². The second-order valence-corrected chi connectivity index (χ2v) is 7.24. The molecule has 0 fully saturated rings. The summed E-state index contributed by atoms with van der Waals surface area (Å²) in [6.45, 7) is 14.7. The fraction of sp³-hybridized carbons (Fsp3) is 0.476. The summed E-state index contributed by atoms with van der Waals surface area (Å²) < 4.78 is 0. The van der Waals surface area contributed by atoms with E-state index in [1.165, 1.54) is 0 Å². The lowest BCUT2D eigenvalue weighted by Crippen LogP contribution is -2.39. The van der Waals surface area contributed by atoms with Crippen LogP contribution in [0.3, 0.4) is 0 Å². The molecule has 7 nitrogen and oxygen atoms in total. The van der Waals surface area contributed by atoms with E-state index in [1.54, 1.807) is 19.1 Å². The molecule has 164 valence electrons. The third-order valence-corrected chi connectivity index (χ3v) is 5.29. The number of thiocarbonyl (C=S) groups is 2. The molecule has 9 heteroatoms. The van der Waals surface area contributed by atoms with Gasteiger partial charge in [0, 0.05) is 37.3 Å². The Bertz CT molecular complexity index is 796. The highest BCUT2D eigenvalue weighted by atomic mass is 32.1.